The molecule has 0 heterocycles. The van der Waals surface area contributed by atoms with Gasteiger partial charge in [0, 0.05) is 5.57 Å². The Morgan fingerprint density at radius 2 is 1.40 bits per heavy atom. The molecule has 0 aliphatic carbocycles. The summed E-state index contributed by atoms with van der Waals surface area (Å²) >= 11 is 0. The third kappa shape index (κ3) is 2.78. The molecule has 2 aromatic rings. The molecule has 0 saturated heterocycles. The van der Waals surface area contributed by atoms with Gasteiger partial charge in [0.1, 0.15) is 17.4 Å². The largest absolute Gasteiger partial charge is 0.496 e. The normalized spacial score (nSPS) is 9.40. The second-order valence-corrected chi connectivity index (χ2v) is 4.22. The molecule has 0 aromatic heterocycles. The van der Waals surface area contributed by atoms with Gasteiger partial charge in [0.2, 0.25) is 0 Å². The van der Waals surface area contributed by atoms with Gasteiger partial charge in [-0.25, -0.2) is 0 Å². The maximum atomic E-state index is 9.47. The summed E-state index contributed by atoms with van der Waals surface area (Å²) in [4.78, 5) is 0. The second-order valence-electron chi connectivity index (χ2n) is 4.22. The predicted octanol–water partition coefficient (Wildman–Crippen LogP) is 4.17. The van der Waals surface area contributed by atoms with Crippen molar-refractivity contribution in [3.8, 4) is 6.07 Å². The highest BCUT2D eigenvalue weighted by Crippen LogP contribution is 2.29. The van der Waals surface area contributed by atoms with Crippen molar-refractivity contribution >= 4 is 5.57 Å². The van der Waals surface area contributed by atoms with Gasteiger partial charge in [0.15, 0.2) is 0 Å². The molecule has 0 radical (unpaired) electrons. The van der Waals surface area contributed by atoms with Crippen LogP contribution in [0.5, 0.6) is 0 Å². The summed E-state index contributed by atoms with van der Waals surface area (Å²) < 4.78 is 5.15. The number of nitrogens with zero attached hydrogens (tertiary/aromatic N) is 1. The Balaban J connectivity index is 2.71. The van der Waals surface area contributed by atoms with Crippen LogP contribution in [0.15, 0.2) is 78.6 Å². The maximum Gasteiger partial charge on any atom is 0.130 e. The zero-order valence-corrected chi connectivity index (χ0v) is 11.3. The molecule has 0 N–H and O–H groups in total. The Kier molecular flexibility index (Phi) is 4.36. The Labute approximate surface area is 119 Å². The van der Waals surface area contributed by atoms with Crippen LogP contribution >= 0.6 is 0 Å². The monoisotopic (exact) mass is 261 g/mol. The first-order valence-electron chi connectivity index (χ1n) is 6.26. The smallest absolute Gasteiger partial charge is 0.130 e. The summed E-state index contributed by atoms with van der Waals surface area (Å²) in [5.74, 6) is 0.371. The molecule has 0 fully saturated rings. The van der Waals surface area contributed by atoms with Gasteiger partial charge in [-0.05, 0) is 11.1 Å². The van der Waals surface area contributed by atoms with E-state index in [-0.39, 0.29) is 0 Å². The van der Waals surface area contributed by atoms with Crippen LogP contribution in [0, 0.1) is 11.3 Å². The van der Waals surface area contributed by atoms with E-state index in [2.05, 4.69) is 12.6 Å². The van der Waals surface area contributed by atoms with E-state index in [1.807, 2.05) is 60.7 Å². The van der Waals surface area contributed by atoms with E-state index in [4.69, 9.17) is 4.74 Å². The second kappa shape index (κ2) is 6.40. The van der Waals surface area contributed by atoms with Crippen LogP contribution in [0.4, 0.5) is 0 Å². The van der Waals surface area contributed by atoms with Crippen LogP contribution in [0.25, 0.3) is 5.57 Å². The lowest BCUT2D eigenvalue weighted by molar-refractivity contribution is 0.305. The van der Waals surface area contributed by atoms with Gasteiger partial charge < -0.3 is 4.74 Å². The third-order valence-electron chi connectivity index (χ3n) is 3.01. The number of benzene rings is 2. The van der Waals surface area contributed by atoms with Crippen molar-refractivity contribution in [2.75, 3.05) is 7.11 Å². The number of hydrogen-bond acceptors (Lipinski definition) is 2. The van der Waals surface area contributed by atoms with Crippen LogP contribution < -0.4 is 0 Å². The average molecular weight is 261 g/mol. The van der Waals surface area contributed by atoms with Gasteiger partial charge in [0.25, 0.3) is 0 Å². The summed E-state index contributed by atoms with van der Waals surface area (Å²) in [6.07, 6.45) is 0. The minimum absolute atomic E-state index is 0.371. The Morgan fingerprint density at radius 3 is 1.75 bits per heavy atom. The molecule has 0 amide bonds. The fraction of sp³-hybridized carbons (Fsp3) is 0.0556. The SMILES string of the molecule is C=C(OC)C(C#N)=C(c1ccccc1)c1ccccc1. The highest BCUT2D eigenvalue weighted by Gasteiger charge is 2.14. The number of nitriles is 1. The number of methoxy groups -OCH3 is 1. The maximum absolute atomic E-state index is 9.47. The van der Waals surface area contributed by atoms with Gasteiger partial charge in [0.05, 0.1) is 7.11 Å². The van der Waals surface area contributed by atoms with Crippen molar-refractivity contribution in [3.05, 3.63) is 89.7 Å². The standard InChI is InChI=1S/C18H15NO/c1-14(20-2)17(13-19)18(15-9-5-3-6-10-15)16-11-7-4-8-12-16/h3-12H,1H2,2H3. The molecule has 0 atom stereocenters. The quantitative estimate of drug-likeness (QED) is 0.470. The molecule has 20 heavy (non-hydrogen) atoms. The molecule has 2 aromatic carbocycles. The molecule has 2 heteroatoms. The average Bonchev–Trinajstić information content (AvgIpc) is 2.53. The summed E-state index contributed by atoms with van der Waals surface area (Å²) in [5.41, 5.74) is 3.22. The fourth-order valence-electron chi connectivity index (χ4n) is 2.02. The van der Waals surface area contributed by atoms with Gasteiger partial charge in [-0.3, -0.25) is 0 Å². The lowest BCUT2D eigenvalue weighted by Gasteiger charge is -2.12. The van der Waals surface area contributed by atoms with Crippen molar-refractivity contribution in [2.24, 2.45) is 0 Å². The van der Waals surface area contributed by atoms with Crippen molar-refractivity contribution in [2.45, 2.75) is 0 Å². The topological polar surface area (TPSA) is 33.0 Å². The third-order valence-corrected chi connectivity index (χ3v) is 3.01. The van der Waals surface area contributed by atoms with E-state index in [0.29, 0.717) is 11.3 Å². The van der Waals surface area contributed by atoms with Gasteiger partial charge >= 0.3 is 0 Å². The minimum Gasteiger partial charge on any atom is -0.496 e. The molecule has 0 saturated carbocycles. The molecule has 0 aliphatic rings. The van der Waals surface area contributed by atoms with Gasteiger partial charge in [-0.1, -0.05) is 67.2 Å². The first-order chi connectivity index (χ1) is 9.77. The van der Waals surface area contributed by atoms with Gasteiger partial charge in [-0.15, -0.1) is 0 Å². The minimum atomic E-state index is 0.371. The van der Waals surface area contributed by atoms with E-state index >= 15 is 0 Å². The molecule has 0 bridgehead atoms. The van der Waals surface area contributed by atoms with E-state index < -0.39 is 0 Å². The first-order valence-corrected chi connectivity index (χ1v) is 6.26. The molecule has 98 valence electrons. The molecule has 0 spiro atoms. The van der Waals surface area contributed by atoms with Crippen LogP contribution in [0.1, 0.15) is 11.1 Å². The summed E-state index contributed by atoms with van der Waals surface area (Å²) in [6, 6.07) is 21.8. The highest BCUT2D eigenvalue weighted by atomic mass is 16.5. The molecular formula is C18H15NO. The van der Waals surface area contributed by atoms with E-state index in [0.717, 1.165) is 16.7 Å². The van der Waals surface area contributed by atoms with Gasteiger partial charge in [-0.2, -0.15) is 5.26 Å². The number of allylic oxidation sites excluding steroid dienone is 1. The van der Waals surface area contributed by atoms with Crippen LogP contribution in [0.3, 0.4) is 0 Å². The summed E-state index contributed by atoms with van der Waals surface area (Å²) in [6.45, 7) is 3.81. The number of hydrogen-bond donors (Lipinski definition) is 0. The lowest BCUT2D eigenvalue weighted by atomic mass is 9.93. The van der Waals surface area contributed by atoms with E-state index in [1.54, 1.807) is 0 Å². The Bertz CT molecular complexity index is 622. The zero-order valence-electron chi connectivity index (χ0n) is 11.3. The number of rotatable bonds is 4. The molecule has 2 nitrogen and oxygen atoms in total. The van der Waals surface area contributed by atoms with Crippen LogP contribution in [0.2, 0.25) is 0 Å². The Hall–Kier alpha value is -2.79. The predicted molar refractivity (Wildman–Crippen MR) is 80.7 cm³/mol. The van der Waals surface area contributed by atoms with E-state index in [1.165, 1.54) is 7.11 Å². The highest BCUT2D eigenvalue weighted by molar-refractivity contribution is 5.86. The first kappa shape index (κ1) is 13.6. The van der Waals surface area contributed by atoms with Crippen molar-refractivity contribution in [1.29, 1.82) is 5.26 Å². The van der Waals surface area contributed by atoms with Crippen molar-refractivity contribution in [1.82, 2.24) is 0 Å². The molecule has 2 rings (SSSR count). The van der Waals surface area contributed by atoms with Crippen molar-refractivity contribution < 1.29 is 4.74 Å². The molecular weight excluding hydrogens is 246 g/mol. The lowest BCUT2D eigenvalue weighted by Crippen LogP contribution is -1.97. The fourth-order valence-corrected chi connectivity index (χ4v) is 2.02. The van der Waals surface area contributed by atoms with E-state index in [9.17, 15) is 5.26 Å². The van der Waals surface area contributed by atoms with Crippen LogP contribution in [-0.4, -0.2) is 7.11 Å². The Morgan fingerprint density at radius 1 is 0.950 bits per heavy atom. The summed E-state index contributed by atoms with van der Waals surface area (Å²) in [7, 11) is 1.52. The molecule has 0 unspecified atom stereocenters. The molecule has 0 aliphatic heterocycles. The van der Waals surface area contributed by atoms with Crippen LogP contribution in [-0.2, 0) is 4.74 Å². The van der Waals surface area contributed by atoms with Crippen molar-refractivity contribution in [3.63, 3.8) is 0 Å². The number of ether oxygens (including phenoxy) is 1. The summed E-state index contributed by atoms with van der Waals surface area (Å²) in [5, 5.41) is 9.47. The zero-order chi connectivity index (χ0) is 14.4.